The normalized spacial score (nSPS) is 22.6. The number of hydrogen-bond acceptors (Lipinski definition) is 5. The zero-order valence-electron chi connectivity index (χ0n) is 12.2. The Bertz CT molecular complexity index is 493. The largest absolute Gasteiger partial charge is 0.481 e. The smallest absolute Gasteiger partial charge is 0.306 e. The van der Waals surface area contributed by atoms with Crippen LogP contribution in [-0.2, 0) is 4.79 Å². The second kappa shape index (κ2) is 6.07. The van der Waals surface area contributed by atoms with Gasteiger partial charge in [0.15, 0.2) is 0 Å². The van der Waals surface area contributed by atoms with Gasteiger partial charge in [0.05, 0.1) is 12.5 Å². The van der Waals surface area contributed by atoms with E-state index in [1.165, 1.54) is 0 Å². The highest BCUT2D eigenvalue weighted by Gasteiger charge is 2.31. The molecule has 0 saturated carbocycles. The maximum absolute atomic E-state index is 11.1. The molecule has 2 rings (SSSR count). The minimum absolute atomic E-state index is 0.112. The number of nitrogens with zero attached hydrogens (tertiary/aromatic N) is 3. The van der Waals surface area contributed by atoms with Gasteiger partial charge in [-0.3, -0.25) is 4.79 Å². The van der Waals surface area contributed by atoms with Crippen molar-refractivity contribution in [3.63, 3.8) is 0 Å². The first-order valence-electron chi connectivity index (χ1n) is 6.99. The SMILES string of the molecule is CCOc1cc(C)nc(N2CCC(C(=O)O)CC2C)n1. The summed E-state index contributed by atoms with van der Waals surface area (Å²) in [7, 11) is 0. The third-order valence-corrected chi connectivity index (χ3v) is 3.59. The van der Waals surface area contributed by atoms with E-state index in [1.54, 1.807) is 0 Å². The molecule has 0 aliphatic carbocycles. The van der Waals surface area contributed by atoms with Crippen molar-refractivity contribution >= 4 is 11.9 Å². The number of carbonyl (C=O) groups is 1. The fraction of sp³-hybridized carbons (Fsp3) is 0.643. The van der Waals surface area contributed by atoms with Gasteiger partial charge >= 0.3 is 5.97 Å². The summed E-state index contributed by atoms with van der Waals surface area (Å²) in [5, 5.41) is 9.10. The zero-order chi connectivity index (χ0) is 14.7. The van der Waals surface area contributed by atoms with Crippen molar-refractivity contribution in [1.29, 1.82) is 0 Å². The predicted octanol–water partition coefficient (Wildman–Crippen LogP) is 1.87. The van der Waals surface area contributed by atoms with E-state index in [0.717, 1.165) is 5.69 Å². The Morgan fingerprint density at radius 3 is 2.90 bits per heavy atom. The molecule has 0 aromatic carbocycles. The number of anilines is 1. The van der Waals surface area contributed by atoms with Crippen LogP contribution in [0, 0.1) is 12.8 Å². The fourth-order valence-electron chi connectivity index (χ4n) is 2.57. The van der Waals surface area contributed by atoms with E-state index in [1.807, 2.05) is 26.8 Å². The summed E-state index contributed by atoms with van der Waals surface area (Å²) in [6, 6.07) is 1.92. The number of hydrogen-bond donors (Lipinski definition) is 1. The van der Waals surface area contributed by atoms with E-state index >= 15 is 0 Å². The van der Waals surface area contributed by atoms with Gasteiger partial charge < -0.3 is 14.7 Å². The maximum atomic E-state index is 11.1. The van der Waals surface area contributed by atoms with Crippen LogP contribution in [0.25, 0.3) is 0 Å². The molecule has 2 atom stereocenters. The highest BCUT2D eigenvalue weighted by atomic mass is 16.5. The lowest BCUT2D eigenvalue weighted by molar-refractivity contribution is -0.142. The van der Waals surface area contributed by atoms with E-state index in [9.17, 15) is 4.79 Å². The van der Waals surface area contributed by atoms with Crippen LogP contribution >= 0.6 is 0 Å². The summed E-state index contributed by atoms with van der Waals surface area (Å²) in [6.45, 7) is 7.06. The second-order valence-corrected chi connectivity index (χ2v) is 5.18. The third-order valence-electron chi connectivity index (χ3n) is 3.59. The molecule has 1 saturated heterocycles. The van der Waals surface area contributed by atoms with E-state index in [0.29, 0.717) is 37.8 Å². The molecule has 20 heavy (non-hydrogen) atoms. The van der Waals surface area contributed by atoms with Crippen LogP contribution in [0.1, 0.15) is 32.4 Å². The van der Waals surface area contributed by atoms with Gasteiger partial charge in [-0.15, -0.1) is 0 Å². The highest BCUT2D eigenvalue weighted by molar-refractivity contribution is 5.70. The molecule has 1 aliphatic heterocycles. The molecule has 6 heteroatoms. The number of aromatic nitrogens is 2. The molecule has 1 aromatic heterocycles. The number of aryl methyl sites for hydroxylation is 1. The molecule has 110 valence electrons. The number of piperidine rings is 1. The van der Waals surface area contributed by atoms with Crippen LogP contribution in [0.2, 0.25) is 0 Å². The first-order chi connectivity index (χ1) is 9.51. The van der Waals surface area contributed by atoms with Gasteiger partial charge in [0.25, 0.3) is 0 Å². The van der Waals surface area contributed by atoms with Gasteiger partial charge in [0.1, 0.15) is 0 Å². The molecule has 0 radical (unpaired) electrons. The molecule has 2 heterocycles. The lowest BCUT2D eigenvalue weighted by atomic mass is 9.92. The Labute approximate surface area is 118 Å². The monoisotopic (exact) mass is 279 g/mol. The second-order valence-electron chi connectivity index (χ2n) is 5.18. The van der Waals surface area contributed by atoms with Crippen LogP contribution < -0.4 is 9.64 Å². The number of ether oxygens (including phenoxy) is 1. The van der Waals surface area contributed by atoms with E-state index in [4.69, 9.17) is 9.84 Å². The summed E-state index contributed by atoms with van der Waals surface area (Å²) < 4.78 is 5.44. The Morgan fingerprint density at radius 2 is 2.30 bits per heavy atom. The molecule has 0 bridgehead atoms. The Morgan fingerprint density at radius 1 is 1.55 bits per heavy atom. The topological polar surface area (TPSA) is 75.5 Å². The average molecular weight is 279 g/mol. The van der Waals surface area contributed by atoms with Gasteiger partial charge in [-0.1, -0.05) is 0 Å². The molecule has 1 aromatic rings. The van der Waals surface area contributed by atoms with E-state index < -0.39 is 5.97 Å². The van der Waals surface area contributed by atoms with Crippen molar-refractivity contribution in [3.05, 3.63) is 11.8 Å². The third kappa shape index (κ3) is 3.18. The first-order valence-corrected chi connectivity index (χ1v) is 6.99. The molecule has 1 aliphatic rings. The summed E-state index contributed by atoms with van der Waals surface area (Å²) in [6.07, 6.45) is 1.25. The van der Waals surface area contributed by atoms with Crippen LogP contribution in [-0.4, -0.2) is 40.2 Å². The van der Waals surface area contributed by atoms with Crippen molar-refractivity contribution < 1.29 is 14.6 Å². The lowest BCUT2D eigenvalue weighted by Crippen LogP contribution is -2.43. The Hall–Kier alpha value is -1.85. The van der Waals surface area contributed by atoms with Crippen molar-refractivity contribution in [2.45, 2.75) is 39.7 Å². The molecule has 1 fully saturated rings. The summed E-state index contributed by atoms with van der Waals surface area (Å²) >= 11 is 0. The van der Waals surface area contributed by atoms with Crippen molar-refractivity contribution in [2.75, 3.05) is 18.1 Å². The van der Waals surface area contributed by atoms with Gasteiger partial charge in [0, 0.05) is 24.3 Å². The van der Waals surface area contributed by atoms with Crippen LogP contribution in [0.3, 0.4) is 0 Å². The average Bonchev–Trinajstić information content (AvgIpc) is 2.38. The fourth-order valence-corrected chi connectivity index (χ4v) is 2.57. The minimum atomic E-state index is -0.711. The van der Waals surface area contributed by atoms with E-state index in [2.05, 4.69) is 14.9 Å². The summed E-state index contributed by atoms with van der Waals surface area (Å²) in [5.41, 5.74) is 0.853. The zero-order valence-corrected chi connectivity index (χ0v) is 12.2. The Balaban J connectivity index is 2.17. The lowest BCUT2D eigenvalue weighted by Gasteiger charge is -2.36. The Kier molecular flexibility index (Phi) is 4.42. The molecule has 0 spiro atoms. The molecule has 1 N–H and O–H groups in total. The predicted molar refractivity (Wildman–Crippen MR) is 75.1 cm³/mol. The van der Waals surface area contributed by atoms with Crippen LogP contribution in [0.5, 0.6) is 5.88 Å². The molecular weight excluding hydrogens is 258 g/mol. The minimum Gasteiger partial charge on any atom is -0.481 e. The summed E-state index contributed by atoms with van der Waals surface area (Å²) in [5.74, 6) is 0.224. The van der Waals surface area contributed by atoms with E-state index in [-0.39, 0.29) is 12.0 Å². The van der Waals surface area contributed by atoms with Crippen LogP contribution in [0.4, 0.5) is 5.95 Å². The van der Waals surface area contributed by atoms with Crippen molar-refractivity contribution in [3.8, 4) is 5.88 Å². The number of carboxylic acid groups (broad SMARTS) is 1. The number of aliphatic carboxylic acids is 1. The van der Waals surface area contributed by atoms with Gasteiger partial charge in [-0.2, -0.15) is 4.98 Å². The van der Waals surface area contributed by atoms with Gasteiger partial charge in [-0.25, -0.2) is 4.98 Å². The highest BCUT2D eigenvalue weighted by Crippen LogP contribution is 2.27. The molecule has 2 unspecified atom stereocenters. The number of carboxylic acids is 1. The maximum Gasteiger partial charge on any atom is 0.306 e. The molecule has 6 nitrogen and oxygen atoms in total. The van der Waals surface area contributed by atoms with Crippen molar-refractivity contribution in [2.24, 2.45) is 5.92 Å². The van der Waals surface area contributed by atoms with Crippen LogP contribution in [0.15, 0.2) is 6.07 Å². The summed E-state index contributed by atoms with van der Waals surface area (Å²) in [4.78, 5) is 22.0. The molecular formula is C14H21N3O3. The standard InChI is InChI=1S/C14H21N3O3/c1-4-20-12-7-9(2)15-14(16-12)17-6-5-11(13(18)19)8-10(17)3/h7,10-11H,4-6,8H2,1-3H3,(H,18,19). The first kappa shape index (κ1) is 14.6. The quantitative estimate of drug-likeness (QED) is 0.907. The van der Waals surface area contributed by atoms with Gasteiger partial charge in [0.2, 0.25) is 11.8 Å². The molecule has 0 amide bonds. The van der Waals surface area contributed by atoms with Gasteiger partial charge in [-0.05, 0) is 33.6 Å². The van der Waals surface area contributed by atoms with Crippen molar-refractivity contribution in [1.82, 2.24) is 9.97 Å². The number of rotatable bonds is 4.